The van der Waals surface area contributed by atoms with E-state index in [1.165, 1.54) is 0 Å². The van der Waals surface area contributed by atoms with Gasteiger partial charge in [-0.2, -0.15) is 0 Å². The van der Waals surface area contributed by atoms with Crippen molar-refractivity contribution in [2.24, 2.45) is 0 Å². The highest BCUT2D eigenvalue weighted by Crippen LogP contribution is 2.30. The van der Waals surface area contributed by atoms with Crippen LogP contribution in [0.4, 0.5) is 0 Å². The number of carbonyl (C=O) groups excluding carboxylic acids is 1. The second-order valence-corrected chi connectivity index (χ2v) is 5.78. The number of nitrogens with one attached hydrogen (secondary N) is 1. The summed E-state index contributed by atoms with van der Waals surface area (Å²) in [7, 11) is 4.76. The van der Waals surface area contributed by atoms with Gasteiger partial charge in [0.2, 0.25) is 0 Å². The van der Waals surface area contributed by atoms with Crippen molar-refractivity contribution in [3.63, 3.8) is 0 Å². The summed E-state index contributed by atoms with van der Waals surface area (Å²) in [5.74, 6) is 2.39. The third kappa shape index (κ3) is 4.81. The van der Waals surface area contributed by atoms with E-state index < -0.39 is 6.10 Å². The summed E-state index contributed by atoms with van der Waals surface area (Å²) in [6, 6.07) is 12.4. The first-order chi connectivity index (χ1) is 12.5. The van der Waals surface area contributed by atoms with Crippen LogP contribution in [0.25, 0.3) is 0 Å². The molecule has 2 aromatic rings. The van der Waals surface area contributed by atoms with Crippen LogP contribution in [0.2, 0.25) is 0 Å². The molecule has 1 amide bonds. The summed E-state index contributed by atoms with van der Waals surface area (Å²) in [5, 5.41) is 2.94. The third-order valence-electron chi connectivity index (χ3n) is 4.01. The minimum Gasteiger partial charge on any atom is -0.497 e. The van der Waals surface area contributed by atoms with Gasteiger partial charge in [-0.15, -0.1) is 0 Å². The Bertz CT molecular complexity index is 729. The molecule has 1 N–H and O–H groups in total. The fraction of sp³-hybridized carbons (Fsp3) is 0.350. The number of amides is 1. The molecule has 0 saturated heterocycles. The average Bonchev–Trinajstić information content (AvgIpc) is 2.67. The summed E-state index contributed by atoms with van der Waals surface area (Å²) < 4.78 is 21.3. The molecule has 2 rings (SSSR count). The van der Waals surface area contributed by atoms with Gasteiger partial charge in [-0.1, -0.05) is 6.07 Å². The smallest absolute Gasteiger partial charge is 0.261 e. The average molecular weight is 359 g/mol. The summed E-state index contributed by atoms with van der Waals surface area (Å²) >= 11 is 0. The van der Waals surface area contributed by atoms with E-state index in [1.54, 1.807) is 52.5 Å². The normalized spacial score (nSPS) is 12.7. The molecule has 0 heterocycles. The number of ether oxygens (including phenoxy) is 4. The maximum Gasteiger partial charge on any atom is 0.261 e. The predicted octanol–water partition coefficient (Wildman–Crippen LogP) is 3.36. The molecule has 6 nitrogen and oxygen atoms in total. The van der Waals surface area contributed by atoms with Gasteiger partial charge in [-0.05, 0) is 55.8 Å². The quantitative estimate of drug-likeness (QED) is 0.783. The van der Waals surface area contributed by atoms with E-state index in [9.17, 15) is 4.79 Å². The van der Waals surface area contributed by atoms with Crippen LogP contribution in [-0.2, 0) is 4.79 Å². The van der Waals surface area contributed by atoms with Gasteiger partial charge < -0.3 is 24.3 Å². The maximum atomic E-state index is 12.4. The monoisotopic (exact) mass is 359 g/mol. The number of hydrogen-bond acceptors (Lipinski definition) is 5. The Kier molecular flexibility index (Phi) is 6.72. The van der Waals surface area contributed by atoms with E-state index in [2.05, 4.69) is 5.32 Å². The molecule has 2 unspecified atom stereocenters. The molecule has 0 aliphatic carbocycles. The fourth-order valence-electron chi connectivity index (χ4n) is 2.45. The molecule has 0 radical (unpaired) electrons. The number of hydrogen-bond donors (Lipinski definition) is 1. The number of benzene rings is 2. The number of methoxy groups -OCH3 is 3. The van der Waals surface area contributed by atoms with Crippen LogP contribution in [-0.4, -0.2) is 33.3 Å². The molecule has 2 atom stereocenters. The van der Waals surface area contributed by atoms with Gasteiger partial charge in [-0.25, -0.2) is 0 Å². The third-order valence-corrected chi connectivity index (χ3v) is 4.01. The molecule has 2 aromatic carbocycles. The Morgan fingerprint density at radius 2 is 1.46 bits per heavy atom. The molecular formula is C20H25NO5. The van der Waals surface area contributed by atoms with Crippen molar-refractivity contribution in [1.29, 1.82) is 0 Å². The molecule has 0 bridgehead atoms. The van der Waals surface area contributed by atoms with E-state index in [0.29, 0.717) is 17.2 Å². The molecule has 0 spiro atoms. The standard InChI is InChI=1S/C20H25NO5/c1-13(15-6-11-18(24-4)19(12-15)25-5)21-20(22)14(2)26-17-9-7-16(23-3)8-10-17/h6-14H,1-5H3,(H,21,22). The highest BCUT2D eigenvalue weighted by atomic mass is 16.5. The van der Waals surface area contributed by atoms with Crippen LogP contribution < -0.4 is 24.3 Å². The summed E-state index contributed by atoms with van der Waals surface area (Å²) in [6.45, 7) is 3.61. The Balaban J connectivity index is 1.98. The van der Waals surface area contributed by atoms with Crippen LogP contribution in [0.3, 0.4) is 0 Å². The van der Waals surface area contributed by atoms with Crippen LogP contribution >= 0.6 is 0 Å². The predicted molar refractivity (Wildman–Crippen MR) is 99.2 cm³/mol. The zero-order chi connectivity index (χ0) is 19.1. The second kappa shape index (κ2) is 8.99. The molecule has 140 valence electrons. The van der Waals surface area contributed by atoms with Crippen LogP contribution in [0.15, 0.2) is 42.5 Å². The van der Waals surface area contributed by atoms with Gasteiger partial charge in [-0.3, -0.25) is 4.79 Å². The first-order valence-corrected chi connectivity index (χ1v) is 8.31. The van der Waals surface area contributed by atoms with E-state index in [0.717, 1.165) is 11.3 Å². The van der Waals surface area contributed by atoms with E-state index in [1.807, 2.05) is 25.1 Å². The van der Waals surface area contributed by atoms with Gasteiger partial charge in [0.05, 0.1) is 27.4 Å². The lowest BCUT2D eigenvalue weighted by molar-refractivity contribution is -0.127. The molecular weight excluding hydrogens is 334 g/mol. The largest absolute Gasteiger partial charge is 0.497 e. The summed E-state index contributed by atoms with van der Waals surface area (Å²) in [5.41, 5.74) is 0.910. The summed E-state index contributed by atoms with van der Waals surface area (Å²) in [4.78, 5) is 12.4. The Hall–Kier alpha value is -2.89. The van der Waals surface area contributed by atoms with Crippen molar-refractivity contribution >= 4 is 5.91 Å². The number of rotatable bonds is 8. The molecule has 6 heteroatoms. The fourth-order valence-corrected chi connectivity index (χ4v) is 2.45. The van der Waals surface area contributed by atoms with Gasteiger partial charge >= 0.3 is 0 Å². The van der Waals surface area contributed by atoms with Crippen LogP contribution in [0.1, 0.15) is 25.5 Å². The maximum absolute atomic E-state index is 12.4. The first kappa shape index (κ1) is 19.4. The van der Waals surface area contributed by atoms with Crippen molar-refractivity contribution in [2.75, 3.05) is 21.3 Å². The number of carbonyl (C=O) groups is 1. The van der Waals surface area contributed by atoms with Crippen molar-refractivity contribution in [3.05, 3.63) is 48.0 Å². The van der Waals surface area contributed by atoms with E-state index in [4.69, 9.17) is 18.9 Å². The highest BCUT2D eigenvalue weighted by molar-refractivity contribution is 5.81. The van der Waals surface area contributed by atoms with Gasteiger partial charge in [0, 0.05) is 0 Å². The van der Waals surface area contributed by atoms with E-state index >= 15 is 0 Å². The molecule has 0 saturated carbocycles. The Morgan fingerprint density at radius 3 is 2.04 bits per heavy atom. The zero-order valence-corrected chi connectivity index (χ0v) is 15.7. The molecule has 0 aliphatic rings. The topological polar surface area (TPSA) is 66.0 Å². The highest BCUT2D eigenvalue weighted by Gasteiger charge is 2.18. The van der Waals surface area contributed by atoms with Gasteiger partial charge in [0.15, 0.2) is 17.6 Å². The van der Waals surface area contributed by atoms with Crippen LogP contribution in [0, 0.1) is 0 Å². The van der Waals surface area contributed by atoms with Crippen LogP contribution in [0.5, 0.6) is 23.0 Å². The Morgan fingerprint density at radius 1 is 0.846 bits per heavy atom. The first-order valence-electron chi connectivity index (χ1n) is 8.31. The van der Waals surface area contributed by atoms with Gasteiger partial charge in [0.25, 0.3) is 5.91 Å². The van der Waals surface area contributed by atoms with E-state index in [-0.39, 0.29) is 11.9 Å². The van der Waals surface area contributed by atoms with Crippen molar-refractivity contribution in [2.45, 2.75) is 26.0 Å². The lowest BCUT2D eigenvalue weighted by Gasteiger charge is -2.20. The molecule has 0 aromatic heterocycles. The van der Waals surface area contributed by atoms with Crippen molar-refractivity contribution in [3.8, 4) is 23.0 Å². The lowest BCUT2D eigenvalue weighted by atomic mass is 10.1. The SMILES string of the molecule is COc1ccc(OC(C)C(=O)NC(C)c2ccc(OC)c(OC)c2)cc1. The summed E-state index contributed by atoms with van der Waals surface area (Å²) in [6.07, 6.45) is -0.633. The Labute approximate surface area is 154 Å². The van der Waals surface area contributed by atoms with Gasteiger partial charge in [0.1, 0.15) is 11.5 Å². The molecule has 0 aliphatic heterocycles. The second-order valence-electron chi connectivity index (χ2n) is 5.78. The molecule has 26 heavy (non-hydrogen) atoms. The lowest BCUT2D eigenvalue weighted by Crippen LogP contribution is -2.37. The van der Waals surface area contributed by atoms with Crippen molar-refractivity contribution < 1.29 is 23.7 Å². The zero-order valence-electron chi connectivity index (χ0n) is 15.7. The molecule has 0 fully saturated rings. The minimum atomic E-state index is -0.633. The minimum absolute atomic E-state index is 0.204. The van der Waals surface area contributed by atoms with Crippen molar-refractivity contribution in [1.82, 2.24) is 5.32 Å².